The average Bonchev–Trinajstić information content (AvgIpc) is 2.46. The zero-order valence-electron chi connectivity index (χ0n) is 12.1. The number of hydrogen-bond donors (Lipinski definition) is 3. The van der Waals surface area contributed by atoms with Crippen LogP contribution in [-0.4, -0.2) is 45.6 Å². The summed E-state index contributed by atoms with van der Waals surface area (Å²) in [5.41, 5.74) is 5.01. The molecule has 4 N–H and O–H groups in total. The molecule has 6 nitrogen and oxygen atoms in total. The molecule has 0 radical (unpaired) electrons. The Hall–Kier alpha value is -1.30. The van der Waals surface area contributed by atoms with E-state index in [2.05, 4.69) is 5.16 Å². The smallest absolute Gasteiger partial charge is 0.233 e. The van der Waals surface area contributed by atoms with Crippen LogP contribution in [0.5, 0.6) is 0 Å². The first kappa shape index (κ1) is 15.1. The lowest BCUT2D eigenvalue weighted by Crippen LogP contribution is -2.56. The minimum absolute atomic E-state index is 0.0259. The van der Waals surface area contributed by atoms with Crippen LogP contribution in [-0.2, 0) is 4.79 Å². The maximum atomic E-state index is 12.5. The van der Waals surface area contributed by atoms with Gasteiger partial charge in [-0.2, -0.15) is 0 Å². The molecule has 1 saturated heterocycles. The molecule has 2 fully saturated rings. The van der Waals surface area contributed by atoms with E-state index in [0.717, 1.165) is 25.7 Å². The van der Waals surface area contributed by atoms with Crippen molar-refractivity contribution < 1.29 is 15.1 Å². The zero-order chi connectivity index (χ0) is 14.8. The lowest BCUT2D eigenvalue weighted by atomic mass is 9.71. The van der Waals surface area contributed by atoms with Crippen LogP contribution >= 0.6 is 0 Å². The van der Waals surface area contributed by atoms with Gasteiger partial charge in [-0.05, 0) is 25.7 Å². The highest BCUT2D eigenvalue weighted by Crippen LogP contribution is 2.40. The van der Waals surface area contributed by atoms with Gasteiger partial charge in [-0.25, -0.2) is 0 Å². The first-order chi connectivity index (χ1) is 9.51. The molecule has 1 aliphatic heterocycles. The number of nitrogens with two attached hydrogens (primary N) is 1. The summed E-state index contributed by atoms with van der Waals surface area (Å²) < 4.78 is 0. The van der Waals surface area contributed by atoms with Crippen molar-refractivity contribution in [3.05, 3.63) is 0 Å². The third-order valence-electron chi connectivity index (χ3n) is 4.92. The molecule has 2 rings (SSSR count). The molecule has 0 aromatic carbocycles. The van der Waals surface area contributed by atoms with Gasteiger partial charge in [0.25, 0.3) is 0 Å². The van der Waals surface area contributed by atoms with Gasteiger partial charge in [-0.15, -0.1) is 0 Å². The molecule has 1 saturated carbocycles. The van der Waals surface area contributed by atoms with E-state index in [4.69, 9.17) is 10.9 Å². The number of aliphatic hydroxyl groups is 1. The van der Waals surface area contributed by atoms with Crippen molar-refractivity contribution in [3.63, 3.8) is 0 Å². The predicted octanol–water partition coefficient (Wildman–Crippen LogP) is 0.913. The van der Waals surface area contributed by atoms with Crippen molar-refractivity contribution in [1.29, 1.82) is 0 Å². The van der Waals surface area contributed by atoms with Crippen LogP contribution in [0.4, 0.5) is 0 Å². The van der Waals surface area contributed by atoms with Gasteiger partial charge in [-0.1, -0.05) is 24.9 Å². The van der Waals surface area contributed by atoms with E-state index in [1.165, 1.54) is 0 Å². The lowest BCUT2D eigenvalue weighted by molar-refractivity contribution is -0.145. The Bertz CT molecular complexity index is 399. The number of piperidine rings is 1. The molecule has 6 heteroatoms. The van der Waals surface area contributed by atoms with Gasteiger partial charge in [0, 0.05) is 19.0 Å². The summed E-state index contributed by atoms with van der Waals surface area (Å²) >= 11 is 0. The molecule has 1 heterocycles. The third-order valence-corrected chi connectivity index (χ3v) is 4.92. The Kier molecular flexibility index (Phi) is 4.52. The molecule has 114 valence electrons. The number of hydrogen-bond acceptors (Lipinski definition) is 4. The van der Waals surface area contributed by atoms with Gasteiger partial charge in [0.1, 0.15) is 0 Å². The quantitative estimate of drug-likeness (QED) is 0.310. The van der Waals surface area contributed by atoms with E-state index in [9.17, 15) is 9.90 Å². The Labute approximate surface area is 119 Å². The van der Waals surface area contributed by atoms with Crippen LogP contribution in [0.1, 0.15) is 45.4 Å². The minimum atomic E-state index is -0.590. The molecular formula is C14H25N3O3. The lowest BCUT2D eigenvalue weighted by Gasteiger charge is -2.47. The summed E-state index contributed by atoms with van der Waals surface area (Å²) in [5, 5.41) is 22.3. The maximum absolute atomic E-state index is 12.5. The van der Waals surface area contributed by atoms with E-state index in [1.807, 2.05) is 6.92 Å². The molecule has 1 aliphatic carbocycles. The van der Waals surface area contributed by atoms with E-state index in [0.29, 0.717) is 25.9 Å². The van der Waals surface area contributed by atoms with Crippen molar-refractivity contribution in [2.24, 2.45) is 22.7 Å². The summed E-state index contributed by atoms with van der Waals surface area (Å²) in [7, 11) is 0. The standard InChI is InChI=1S/C14H25N3O3/c1-2-11(12(15)16-20)13(18)17-8-7-14(19)6-4-3-5-10(14)9-17/h10-11,19-20H,2-9H2,1H3,(H2,15,16). The van der Waals surface area contributed by atoms with Gasteiger partial charge >= 0.3 is 0 Å². The Balaban J connectivity index is 2.05. The normalized spacial score (nSPS) is 32.6. The van der Waals surface area contributed by atoms with E-state index < -0.39 is 11.5 Å². The van der Waals surface area contributed by atoms with Crippen LogP contribution < -0.4 is 5.73 Å². The molecule has 3 unspecified atom stereocenters. The summed E-state index contributed by atoms with van der Waals surface area (Å²) in [6.07, 6.45) is 5.16. The molecule has 0 aromatic rings. The third kappa shape index (κ3) is 2.75. The van der Waals surface area contributed by atoms with E-state index in [1.54, 1.807) is 4.90 Å². The SMILES string of the molecule is CCC(C(=O)N1CCC2(O)CCCCC2C1)C(N)=NO. The number of likely N-dealkylation sites (tertiary alicyclic amines) is 1. The first-order valence-electron chi connectivity index (χ1n) is 7.50. The topological polar surface area (TPSA) is 99.2 Å². The number of oxime groups is 1. The number of amidine groups is 1. The highest BCUT2D eigenvalue weighted by Gasteiger charge is 2.44. The van der Waals surface area contributed by atoms with Gasteiger partial charge in [0.05, 0.1) is 11.5 Å². The summed E-state index contributed by atoms with van der Waals surface area (Å²) in [5.74, 6) is -0.508. The summed E-state index contributed by atoms with van der Waals surface area (Å²) in [6, 6.07) is 0. The molecule has 20 heavy (non-hydrogen) atoms. The fraction of sp³-hybridized carbons (Fsp3) is 0.857. The second-order valence-corrected chi connectivity index (χ2v) is 6.07. The summed E-state index contributed by atoms with van der Waals surface area (Å²) in [4.78, 5) is 14.3. The second kappa shape index (κ2) is 5.99. The molecule has 3 atom stereocenters. The van der Waals surface area contributed by atoms with Crippen LogP contribution in [0, 0.1) is 11.8 Å². The number of carbonyl (C=O) groups is 1. The van der Waals surface area contributed by atoms with Crippen LogP contribution in [0.2, 0.25) is 0 Å². The first-order valence-corrected chi connectivity index (χ1v) is 7.50. The van der Waals surface area contributed by atoms with Gasteiger partial charge in [0.15, 0.2) is 5.84 Å². The maximum Gasteiger partial charge on any atom is 0.233 e. The fourth-order valence-corrected chi connectivity index (χ4v) is 3.57. The molecular weight excluding hydrogens is 258 g/mol. The fourth-order valence-electron chi connectivity index (χ4n) is 3.57. The van der Waals surface area contributed by atoms with E-state index in [-0.39, 0.29) is 17.7 Å². The van der Waals surface area contributed by atoms with Crippen LogP contribution in [0.15, 0.2) is 5.16 Å². The second-order valence-electron chi connectivity index (χ2n) is 6.07. The van der Waals surface area contributed by atoms with Gasteiger partial charge < -0.3 is 20.9 Å². The summed E-state index contributed by atoms with van der Waals surface area (Å²) in [6.45, 7) is 2.99. The predicted molar refractivity (Wildman–Crippen MR) is 75.3 cm³/mol. The molecule has 0 bridgehead atoms. The average molecular weight is 283 g/mol. The van der Waals surface area contributed by atoms with Crippen molar-refractivity contribution >= 4 is 11.7 Å². The van der Waals surface area contributed by atoms with Crippen LogP contribution in [0.3, 0.4) is 0 Å². The number of carbonyl (C=O) groups excluding carboxylic acids is 1. The highest BCUT2D eigenvalue weighted by molar-refractivity contribution is 6.02. The minimum Gasteiger partial charge on any atom is -0.409 e. The van der Waals surface area contributed by atoms with Crippen molar-refractivity contribution in [3.8, 4) is 0 Å². The zero-order valence-corrected chi connectivity index (χ0v) is 12.1. The molecule has 0 aromatic heterocycles. The molecule has 0 spiro atoms. The molecule has 1 amide bonds. The Morgan fingerprint density at radius 3 is 2.90 bits per heavy atom. The monoisotopic (exact) mass is 283 g/mol. The highest BCUT2D eigenvalue weighted by atomic mass is 16.4. The van der Waals surface area contributed by atoms with Crippen molar-refractivity contribution in [2.75, 3.05) is 13.1 Å². The van der Waals surface area contributed by atoms with Gasteiger partial charge in [-0.3, -0.25) is 4.79 Å². The van der Waals surface area contributed by atoms with Crippen molar-refractivity contribution in [1.82, 2.24) is 4.90 Å². The van der Waals surface area contributed by atoms with Crippen molar-refractivity contribution in [2.45, 2.75) is 51.0 Å². The number of nitrogens with zero attached hydrogens (tertiary/aromatic N) is 2. The van der Waals surface area contributed by atoms with Crippen LogP contribution in [0.25, 0.3) is 0 Å². The molecule has 2 aliphatic rings. The largest absolute Gasteiger partial charge is 0.409 e. The Morgan fingerprint density at radius 2 is 2.25 bits per heavy atom. The van der Waals surface area contributed by atoms with Gasteiger partial charge in [0.2, 0.25) is 5.91 Å². The number of amides is 1. The number of fused-ring (bicyclic) bond motifs is 1. The Morgan fingerprint density at radius 1 is 1.50 bits per heavy atom. The number of rotatable bonds is 3. The van der Waals surface area contributed by atoms with E-state index >= 15 is 0 Å².